The molecule has 0 aliphatic heterocycles. The molecule has 7 heteroatoms. The summed E-state index contributed by atoms with van der Waals surface area (Å²) in [5.74, 6) is -0.734. The van der Waals surface area contributed by atoms with Crippen LogP contribution in [0.4, 0.5) is 5.69 Å². The molecular formula is C13H16N2O5. The van der Waals surface area contributed by atoms with E-state index in [9.17, 15) is 19.7 Å². The minimum Gasteiger partial charge on any atom is -0.466 e. The largest absolute Gasteiger partial charge is 0.466 e. The van der Waals surface area contributed by atoms with Gasteiger partial charge in [-0.1, -0.05) is 12.1 Å². The van der Waals surface area contributed by atoms with Gasteiger partial charge in [-0.05, 0) is 12.5 Å². The highest BCUT2D eigenvalue weighted by Crippen LogP contribution is 2.20. The van der Waals surface area contributed by atoms with E-state index in [0.29, 0.717) is 5.56 Å². The maximum Gasteiger partial charge on any atom is 0.308 e. The van der Waals surface area contributed by atoms with Gasteiger partial charge in [-0.3, -0.25) is 19.7 Å². The Kier molecular flexibility index (Phi) is 5.64. The number of nitrogens with one attached hydrogen (secondary N) is 1. The van der Waals surface area contributed by atoms with Crippen LogP contribution in [0.2, 0.25) is 0 Å². The molecule has 108 valence electrons. The van der Waals surface area contributed by atoms with Crippen LogP contribution in [0.15, 0.2) is 24.3 Å². The summed E-state index contributed by atoms with van der Waals surface area (Å²) in [5, 5.41) is 13.2. The number of nitrogens with zero attached hydrogens (tertiary/aromatic N) is 1. The van der Waals surface area contributed by atoms with Gasteiger partial charge < -0.3 is 10.1 Å². The van der Waals surface area contributed by atoms with E-state index in [2.05, 4.69) is 5.32 Å². The van der Waals surface area contributed by atoms with E-state index >= 15 is 0 Å². The highest BCUT2D eigenvalue weighted by Gasteiger charge is 2.18. The summed E-state index contributed by atoms with van der Waals surface area (Å²) >= 11 is 0. The first-order valence-corrected chi connectivity index (χ1v) is 6.11. The number of hydrogen-bond donors (Lipinski definition) is 1. The number of amides is 1. The number of hydrogen-bond acceptors (Lipinski definition) is 5. The van der Waals surface area contributed by atoms with Crippen LogP contribution in [0.5, 0.6) is 0 Å². The Balaban J connectivity index is 2.89. The molecule has 0 aliphatic carbocycles. The average molecular weight is 280 g/mol. The van der Waals surface area contributed by atoms with Crippen LogP contribution in [-0.2, 0) is 14.3 Å². The van der Waals surface area contributed by atoms with Crippen LogP contribution < -0.4 is 5.32 Å². The van der Waals surface area contributed by atoms with E-state index in [1.165, 1.54) is 31.2 Å². The van der Waals surface area contributed by atoms with Crippen LogP contribution in [0.25, 0.3) is 0 Å². The quantitative estimate of drug-likeness (QED) is 0.486. The SMILES string of the molecule is CCOC(=O)C[C@H](NC(C)=O)c1ccc([N+](=O)[O-])cc1. The number of nitro groups is 1. The summed E-state index contributed by atoms with van der Waals surface area (Å²) < 4.78 is 4.84. The third kappa shape index (κ3) is 4.68. The molecule has 1 aromatic carbocycles. The maximum absolute atomic E-state index is 11.5. The van der Waals surface area contributed by atoms with Crippen molar-refractivity contribution < 1.29 is 19.2 Å². The predicted octanol–water partition coefficient (Wildman–Crippen LogP) is 1.73. The first-order chi connectivity index (χ1) is 9.43. The molecule has 0 fully saturated rings. The van der Waals surface area contributed by atoms with E-state index in [-0.39, 0.29) is 24.6 Å². The topological polar surface area (TPSA) is 98.5 Å². The van der Waals surface area contributed by atoms with Crippen molar-refractivity contribution >= 4 is 17.6 Å². The van der Waals surface area contributed by atoms with Gasteiger partial charge in [0.1, 0.15) is 0 Å². The summed E-state index contributed by atoms with van der Waals surface area (Å²) in [5.41, 5.74) is 0.560. The fourth-order valence-corrected chi connectivity index (χ4v) is 1.71. The minimum atomic E-state index is -0.563. The third-order valence-electron chi connectivity index (χ3n) is 2.56. The normalized spacial score (nSPS) is 11.5. The molecule has 1 aromatic rings. The molecule has 0 aliphatic rings. The molecule has 1 N–H and O–H groups in total. The Labute approximate surface area is 116 Å². The molecule has 1 atom stereocenters. The van der Waals surface area contributed by atoms with Crippen molar-refractivity contribution in [3.8, 4) is 0 Å². The monoisotopic (exact) mass is 280 g/mol. The number of rotatable bonds is 6. The average Bonchev–Trinajstić information content (AvgIpc) is 2.38. The summed E-state index contributed by atoms with van der Waals surface area (Å²) in [4.78, 5) is 32.7. The molecule has 7 nitrogen and oxygen atoms in total. The van der Waals surface area contributed by atoms with Gasteiger partial charge in [-0.15, -0.1) is 0 Å². The van der Waals surface area contributed by atoms with E-state index in [1.807, 2.05) is 0 Å². The van der Waals surface area contributed by atoms with Gasteiger partial charge in [0, 0.05) is 19.1 Å². The lowest BCUT2D eigenvalue weighted by atomic mass is 10.0. The van der Waals surface area contributed by atoms with Gasteiger partial charge in [0.05, 0.1) is 24.0 Å². The Hall–Kier alpha value is -2.44. The number of carbonyl (C=O) groups is 2. The van der Waals surface area contributed by atoms with Crippen molar-refractivity contribution in [3.63, 3.8) is 0 Å². The molecule has 0 radical (unpaired) electrons. The zero-order valence-corrected chi connectivity index (χ0v) is 11.3. The molecule has 0 heterocycles. The van der Waals surface area contributed by atoms with Gasteiger partial charge in [-0.2, -0.15) is 0 Å². The Morgan fingerprint density at radius 2 is 1.95 bits per heavy atom. The summed E-state index contributed by atoms with van der Waals surface area (Å²) in [6.45, 7) is 3.28. The second-order valence-corrected chi connectivity index (χ2v) is 4.11. The smallest absolute Gasteiger partial charge is 0.308 e. The standard InChI is InChI=1S/C13H16N2O5/c1-3-20-13(17)8-12(14-9(2)16)10-4-6-11(7-5-10)15(18)19/h4-7,12H,3,8H2,1-2H3,(H,14,16)/t12-/m0/s1. The predicted molar refractivity (Wildman–Crippen MR) is 70.9 cm³/mol. The van der Waals surface area contributed by atoms with E-state index in [1.54, 1.807) is 6.92 Å². The van der Waals surface area contributed by atoms with Crippen LogP contribution in [0.1, 0.15) is 31.9 Å². The van der Waals surface area contributed by atoms with Gasteiger partial charge in [-0.25, -0.2) is 0 Å². The molecule has 0 unspecified atom stereocenters. The molecule has 0 bridgehead atoms. The number of benzene rings is 1. The number of non-ortho nitro benzene ring substituents is 1. The summed E-state index contributed by atoms with van der Waals surface area (Å²) in [6, 6.07) is 5.12. The molecule has 1 rings (SSSR count). The number of esters is 1. The second-order valence-electron chi connectivity index (χ2n) is 4.11. The molecular weight excluding hydrogens is 264 g/mol. The highest BCUT2D eigenvalue weighted by atomic mass is 16.6. The summed E-state index contributed by atoms with van der Waals surface area (Å²) in [7, 11) is 0. The van der Waals surface area contributed by atoms with Crippen LogP contribution in [-0.4, -0.2) is 23.4 Å². The second kappa shape index (κ2) is 7.22. The molecule has 0 saturated carbocycles. The van der Waals surface area contributed by atoms with Crippen molar-refractivity contribution in [1.29, 1.82) is 0 Å². The van der Waals surface area contributed by atoms with Crippen LogP contribution in [0, 0.1) is 10.1 Å². The lowest BCUT2D eigenvalue weighted by molar-refractivity contribution is -0.384. The van der Waals surface area contributed by atoms with Crippen molar-refractivity contribution in [2.75, 3.05) is 6.61 Å². The molecule has 1 amide bonds. The minimum absolute atomic E-state index is 0.0226. The Morgan fingerprint density at radius 1 is 1.35 bits per heavy atom. The first kappa shape index (κ1) is 15.6. The van der Waals surface area contributed by atoms with E-state index in [0.717, 1.165) is 0 Å². The maximum atomic E-state index is 11.5. The lowest BCUT2D eigenvalue weighted by Gasteiger charge is -2.17. The van der Waals surface area contributed by atoms with Gasteiger partial charge in [0.15, 0.2) is 0 Å². The van der Waals surface area contributed by atoms with Crippen LogP contribution in [0.3, 0.4) is 0 Å². The first-order valence-electron chi connectivity index (χ1n) is 6.11. The van der Waals surface area contributed by atoms with Crippen molar-refractivity contribution in [3.05, 3.63) is 39.9 Å². The fourth-order valence-electron chi connectivity index (χ4n) is 1.71. The third-order valence-corrected chi connectivity index (χ3v) is 2.56. The zero-order valence-electron chi connectivity index (χ0n) is 11.3. The summed E-state index contributed by atoms with van der Waals surface area (Å²) in [6.07, 6.45) is -0.0226. The van der Waals surface area contributed by atoms with Gasteiger partial charge >= 0.3 is 5.97 Å². The molecule has 20 heavy (non-hydrogen) atoms. The molecule has 0 aromatic heterocycles. The zero-order chi connectivity index (χ0) is 15.1. The molecule has 0 saturated heterocycles. The van der Waals surface area contributed by atoms with Gasteiger partial charge in [0.2, 0.25) is 5.91 Å². The Bertz CT molecular complexity index is 498. The van der Waals surface area contributed by atoms with E-state index in [4.69, 9.17) is 4.74 Å². The number of carbonyl (C=O) groups excluding carboxylic acids is 2. The van der Waals surface area contributed by atoms with Crippen molar-refractivity contribution in [2.45, 2.75) is 26.3 Å². The van der Waals surface area contributed by atoms with Gasteiger partial charge in [0.25, 0.3) is 5.69 Å². The highest BCUT2D eigenvalue weighted by molar-refractivity contribution is 5.76. The fraction of sp³-hybridized carbons (Fsp3) is 0.385. The van der Waals surface area contributed by atoms with Crippen molar-refractivity contribution in [2.24, 2.45) is 0 Å². The molecule has 0 spiro atoms. The van der Waals surface area contributed by atoms with Crippen LogP contribution >= 0.6 is 0 Å². The van der Waals surface area contributed by atoms with E-state index < -0.39 is 16.9 Å². The number of nitro benzene ring substituents is 1. The Morgan fingerprint density at radius 3 is 2.40 bits per heavy atom. The van der Waals surface area contributed by atoms with Crippen molar-refractivity contribution in [1.82, 2.24) is 5.32 Å². The lowest BCUT2D eigenvalue weighted by Crippen LogP contribution is -2.28. The number of ether oxygens (including phenoxy) is 1.